The fourth-order valence-electron chi connectivity index (χ4n) is 3.03. The van der Waals surface area contributed by atoms with Crippen molar-refractivity contribution in [2.24, 2.45) is 0 Å². The lowest BCUT2D eigenvalue weighted by Crippen LogP contribution is -2.42. The van der Waals surface area contributed by atoms with Crippen molar-refractivity contribution in [3.8, 4) is 0 Å². The molecule has 0 bridgehead atoms. The molecule has 1 saturated heterocycles. The number of amides is 1. The largest absolute Gasteiger partial charge is 0.478 e. The molecule has 0 spiro atoms. The topological polar surface area (TPSA) is 66.8 Å². The Labute approximate surface area is 146 Å². The molecule has 25 heavy (non-hydrogen) atoms. The Bertz CT molecular complexity index is 721. The third-order valence-corrected chi connectivity index (χ3v) is 4.47. The minimum atomic E-state index is -0.996. The van der Waals surface area contributed by atoms with E-state index in [9.17, 15) is 9.59 Å². The van der Waals surface area contributed by atoms with Crippen LogP contribution in [0.15, 0.2) is 54.6 Å². The van der Waals surface area contributed by atoms with Gasteiger partial charge >= 0.3 is 5.97 Å². The number of carbonyl (C=O) groups is 2. The molecule has 1 heterocycles. The monoisotopic (exact) mass is 339 g/mol. The smallest absolute Gasteiger partial charge is 0.335 e. The highest BCUT2D eigenvalue weighted by molar-refractivity contribution is 5.96. The van der Waals surface area contributed by atoms with Gasteiger partial charge in [-0.05, 0) is 42.7 Å². The zero-order chi connectivity index (χ0) is 17.6. The average Bonchev–Trinajstić information content (AvgIpc) is 3.17. The number of rotatable bonds is 6. The first kappa shape index (κ1) is 17.2. The minimum absolute atomic E-state index is 0.0652. The molecule has 1 aliphatic heterocycles. The van der Waals surface area contributed by atoms with E-state index in [1.807, 2.05) is 23.1 Å². The van der Waals surface area contributed by atoms with Crippen LogP contribution in [0.4, 0.5) is 0 Å². The van der Waals surface area contributed by atoms with Gasteiger partial charge in [-0.2, -0.15) is 0 Å². The molecule has 0 aliphatic carbocycles. The number of hydrogen-bond acceptors (Lipinski definition) is 3. The Kier molecular flexibility index (Phi) is 5.46. The van der Waals surface area contributed by atoms with E-state index >= 15 is 0 Å². The number of carboxylic acid groups (broad SMARTS) is 1. The zero-order valence-electron chi connectivity index (χ0n) is 13.9. The van der Waals surface area contributed by atoms with Crippen LogP contribution in [0.25, 0.3) is 0 Å². The van der Waals surface area contributed by atoms with Gasteiger partial charge in [0.1, 0.15) is 0 Å². The van der Waals surface area contributed by atoms with Crippen LogP contribution in [0.3, 0.4) is 0 Å². The van der Waals surface area contributed by atoms with Gasteiger partial charge in [-0.3, -0.25) is 4.79 Å². The van der Waals surface area contributed by atoms with Gasteiger partial charge in [0.2, 0.25) is 0 Å². The molecule has 1 N–H and O–H groups in total. The Hall–Kier alpha value is -2.66. The van der Waals surface area contributed by atoms with Crippen molar-refractivity contribution >= 4 is 11.9 Å². The standard InChI is InChI=1S/C20H21NO4/c22-19(16-6-8-17(9-7-16)20(23)24)21(18-11-13-25-14-18)12-10-15-4-2-1-3-5-15/h1-9,18H,10-14H2,(H,23,24)/t18-/m0/s1. The maximum atomic E-state index is 13.0. The number of ether oxygens (including phenoxy) is 1. The summed E-state index contributed by atoms with van der Waals surface area (Å²) < 4.78 is 5.46. The van der Waals surface area contributed by atoms with Gasteiger partial charge in [0.05, 0.1) is 18.2 Å². The molecule has 5 nitrogen and oxygen atoms in total. The van der Waals surface area contributed by atoms with Crippen LogP contribution in [0.1, 0.15) is 32.7 Å². The summed E-state index contributed by atoms with van der Waals surface area (Å²) in [5.41, 5.74) is 1.86. The van der Waals surface area contributed by atoms with E-state index in [-0.39, 0.29) is 17.5 Å². The minimum Gasteiger partial charge on any atom is -0.478 e. The van der Waals surface area contributed by atoms with Crippen LogP contribution in [0.5, 0.6) is 0 Å². The number of carbonyl (C=O) groups excluding carboxylic acids is 1. The molecular weight excluding hydrogens is 318 g/mol. The maximum Gasteiger partial charge on any atom is 0.335 e. The predicted molar refractivity (Wildman–Crippen MR) is 93.8 cm³/mol. The molecule has 0 aromatic heterocycles. The molecule has 3 rings (SSSR count). The summed E-state index contributed by atoms with van der Waals surface area (Å²) in [5, 5.41) is 8.99. The summed E-state index contributed by atoms with van der Waals surface area (Å²) in [7, 11) is 0. The molecule has 2 aromatic carbocycles. The van der Waals surface area contributed by atoms with Crippen molar-refractivity contribution in [1.82, 2.24) is 4.90 Å². The molecule has 1 atom stereocenters. The van der Waals surface area contributed by atoms with Crippen LogP contribution >= 0.6 is 0 Å². The van der Waals surface area contributed by atoms with Gasteiger partial charge in [0.25, 0.3) is 5.91 Å². The highest BCUT2D eigenvalue weighted by Gasteiger charge is 2.28. The van der Waals surface area contributed by atoms with E-state index in [2.05, 4.69) is 12.1 Å². The molecule has 1 aliphatic rings. The van der Waals surface area contributed by atoms with Gasteiger partial charge < -0.3 is 14.7 Å². The van der Waals surface area contributed by atoms with Gasteiger partial charge in [-0.25, -0.2) is 4.79 Å². The summed E-state index contributed by atoms with van der Waals surface area (Å²) in [6.07, 6.45) is 1.60. The van der Waals surface area contributed by atoms with Crippen molar-refractivity contribution in [1.29, 1.82) is 0 Å². The van der Waals surface area contributed by atoms with Crippen LogP contribution in [-0.4, -0.2) is 47.7 Å². The first-order valence-corrected chi connectivity index (χ1v) is 8.41. The second kappa shape index (κ2) is 7.94. The van der Waals surface area contributed by atoms with Gasteiger partial charge in [0, 0.05) is 18.7 Å². The van der Waals surface area contributed by atoms with Crippen molar-refractivity contribution in [2.45, 2.75) is 18.9 Å². The van der Waals surface area contributed by atoms with Crippen LogP contribution in [-0.2, 0) is 11.2 Å². The molecule has 130 valence electrons. The Morgan fingerprint density at radius 1 is 1.04 bits per heavy atom. The van der Waals surface area contributed by atoms with Crippen molar-refractivity contribution < 1.29 is 19.4 Å². The molecule has 2 aromatic rings. The number of carboxylic acids is 1. The fraction of sp³-hybridized carbons (Fsp3) is 0.300. The van der Waals surface area contributed by atoms with Gasteiger partial charge in [0.15, 0.2) is 0 Å². The van der Waals surface area contributed by atoms with Crippen LogP contribution in [0, 0.1) is 0 Å². The highest BCUT2D eigenvalue weighted by Crippen LogP contribution is 2.18. The Balaban J connectivity index is 1.75. The molecule has 5 heteroatoms. The zero-order valence-corrected chi connectivity index (χ0v) is 13.9. The summed E-state index contributed by atoms with van der Waals surface area (Å²) in [6, 6.07) is 16.2. The maximum absolute atomic E-state index is 13.0. The van der Waals surface area contributed by atoms with E-state index in [4.69, 9.17) is 9.84 Å². The SMILES string of the molecule is O=C(O)c1ccc(C(=O)N(CCc2ccccc2)[C@H]2CCOC2)cc1. The molecule has 1 amide bonds. The van der Waals surface area contributed by atoms with E-state index in [1.54, 1.807) is 12.1 Å². The Morgan fingerprint density at radius 3 is 2.32 bits per heavy atom. The molecule has 0 saturated carbocycles. The quantitative estimate of drug-likeness (QED) is 0.879. The van der Waals surface area contributed by atoms with Gasteiger partial charge in [-0.15, -0.1) is 0 Å². The van der Waals surface area contributed by atoms with Crippen LogP contribution in [0.2, 0.25) is 0 Å². The lowest BCUT2D eigenvalue weighted by molar-refractivity contribution is 0.0652. The normalized spacial score (nSPS) is 16.6. The van der Waals surface area contributed by atoms with Gasteiger partial charge in [-0.1, -0.05) is 30.3 Å². The summed E-state index contributed by atoms with van der Waals surface area (Å²) >= 11 is 0. The highest BCUT2D eigenvalue weighted by atomic mass is 16.5. The molecular formula is C20H21NO4. The lowest BCUT2D eigenvalue weighted by Gasteiger charge is -2.28. The Morgan fingerprint density at radius 2 is 1.72 bits per heavy atom. The third-order valence-electron chi connectivity index (χ3n) is 4.47. The first-order valence-electron chi connectivity index (χ1n) is 8.41. The lowest BCUT2D eigenvalue weighted by atomic mass is 10.1. The summed E-state index contributed by atoms with van der Waals surface area (Å²) in [6.45, 7) is 1.82. The summed E-state index contributed by atoms with van der Waals surface area (Å²) in [4.78, 5) is 25.8. The van der Waals surface area contributed by atoms with Crippen molar-refractivity contribution in [2.75, 3.05) is 19.8 Å². The van der Waals surface area contributed by atoms with Crippen molar-refractivity contribution in [3.63, 3.8) is 0 Å². The first-order chi connectivity index (χ1) is 12.1. The van der Waals surface area contributed by atoms with E-state index in [0.29, 0.717) is 25.3 Å². The number of nitrogens with zero attached hydrogens (tertiary/aromatic N) is 1. The predicted octanol–water partition coefficient (Wildman–Crippen LogP) is 2.86. The van der Waals surface area contributed by atoms with Crippen LogP contribution < -0.4 is 0 Å². The molecule has 1 fully saturated rings. The number of hydrogen-bond donors (Lipinski definition) is 1. The third kappa shape index (κ3) is 4.25. The van der Waals surface area contributed by atoms with E-state index in [0.717, 1.165) is 12.8 Å². The molecule has 0 radical (unpaired) electrons. The second-order valence-corrected chi connectivity index (χ2v) is 6.13. The average molecular weight is 339 g/mol. The fourth-order valence-corrected chi connectivity index (χ4v) is 3.03. The van der Waals surface area contributed by atoms with E-state index < -0.39 is 5.97 Å². The van der Waals surface area contributed by atoms with Crippen molar-refractivity contribution in [3.05, 3.63) is 71.3 Å². The number of aromatic carboxylic acids is 1. The second-order valence-electron chi connectivity index (χ2n) is 6.13. The molecule has 0 unspecified atom stereocenters. The number of benzene rings is 2. The summed E-state index contributed by atoms with van der Waals surface area (Å²) in [5.74, 6) is -1.08. The van der Waals surface area contributed by atoms with E-state index in [1.165, 1.54) is 17.7 Å².